The summed E-state index contributed by atoms with van der Waals surface area (Å²) < 4.78 is 27.1. The number of hydrogen-bond acceptors (Lipinski definition) is 5. The van der Waals surface area contributed by atoms with Gasteiger partial charge in [-0.2, -0.15) is 0 Å². The number of piperidine rings is 2. The number of rotatable bonds is 4. The van der Waals surface area contributed by atoms with Gasteiger partial charge in [0.25, 0.3) is 5.92 Å². The van der Waals surface area contributed by atoms with Gasteiger partial charge in [-0.1, -0.05) is 12.1 Å². The number of anilines is 2. The van der Waals surface area contributed by atoms with Crippen LogP contribution in [0.5, 0.6) is 0 Å². The first-order valence-electron chi connectivity index (χ1n) is 11.1. The Balaban J connectivity index is 1.33. The van der Waals surface area contributed by atoms with Gasteiger partial charge < -0.3 is 20.5 Å². The molecule has 0 aliphatic carbocycles. The zero-order valence-corrected chi connectivity index (χ0v) is 17.7. The summed E-state index contributed by atoms with van der Waals surface area (Å²) in [5, 5.41) is 7.09. The van der Waals surface area contributed by atoms with Crippen LogP contribution in [0.25, 0.3) is 22.3 Å². The number of carbonyl (C=O) groups is 1. The molecule has 2 fully saturated rings. The number of hydrogen-bond donors (Lipinski definition) is 3. The van der Waals surface area contributed by atoms with Crippen LogP contribution in [0, 0.1) is 5.92 Å². The first kappa shape index (κ1) is 20.8. The van der Waals surface area contributed by atoms with E-state index in [2.05, 4.69) is 25.6 Å². The molecular weight excluding hydrogens is 414 g/mol. The summed E-state index contributed by atoms with van der Waals surface area (Å²) in [7, 11) is 0. The minimum absolute atomic E-state index is 0.0522. The highest BCUT2D eigenvalue weighted by molar-refractivity contribution is 5.94. The molecule has 2 aliphatic heterocycles. The van der Waals surface area contributed by atoms with E-state index in [9.17, 15) is 13.6 Å². The number of aromatic amines is 1. The fourth-order valence-electron chi connectivity index (χ4n) is 4.44. The molecular formula is C23H26F2N6O. The number of benzene rings is 1. The van der Waals surface area contributed by atoms with Crippen LogP contribution in [0.15, 0.2) is 36.7 Å². The van der Waals surface area contributed by atoms with Crippen LogP contribution in [-0.4, -0.2) is 53.0 Å². The first-order chi connectivity index (χ1) is 15.5. The Morgan fingerprint density at radius 2 is 1.81 bits per heavy atom. The van der Waals surface area contributed by atoms with Gasteiger partial charge in [0, 0.05) is 43.2 Å². The molecule has 9 heteroatoms. The third-order valence-corrected chi connectivity index (χ3v) is 6.37. The van der Waals surface area contributed by atoms with Crippen molar-refractivity contribution in [3.63, 3.8) is 0 Å². The minimum atomic E-state index is -2.60. The van der Waals surface area contributed by atoms with Gasteiger partial charge in [0.05, 0.1) is 5.39 Å². The van der Waals surface area contributed by atoms with Crippen molar-refractivity contribution in [1.29, 1.82) is 0 Å². The highest BCUT2D eigenvalue weighted by atomic mass is 19.3. The Labute approximate surface area is 184 Å². The Kier molecular flexibility index (Phi) is 5.50. The number of halogens is 2. The van der Waals surface area contributed by atoms with E-state index in [0.29, 0.717) is 11.5 Å². The molecule has 0 spiro atoms. The number of amides is 1. The van der Waals surface area contributed by atoms with Crippen molar-refractivity contribution in [2.24, 2.45) is 5.92 Å². The molecule has 32 heavy (non-hydrogen) atoms. The maximum Gasteiger partial charge on any atom is 0.251 e. The SMILES string of the molecule is O=C(Nc1ccc(-c2cc3c(N4CCC(F)(F)CC4)ncnc3[nH]2)cc1)C1CCNCC1. The number of alkyl halides is 2. The Hall–Kier alpha value is -3.07. The largest absolute Gasteiger partial charge is 0.356 e. The van der Waals surface area contributed by atoms with Crippen LogP contribution in [0.2, 0.25) is 0 Å². The first-order valence-corrected chi connectivity index (χ1v) is 11.1. The second kappa shape index (κ2) is 8.46. The third kappa shape index (κ3) is 4.29. The van der Waals surface area contributed by atoms with Crippen molar-refractivity contribution in [3.8, 4) is 11.3 Å². The summed E-state index contributed by atoms with van der Waals surface area (Å²) in [6.07, 6.45) is 2.85. The van der Waals surface area contributed by atoms with E-state index in [1.54, 1.807) is 0 Å². The lowest BCUT2D eigenvalue weighted by atomic mass is 9.97. The van der Waals surface area contributed by atoms with Gasteiger partial charge in [0.15, 0.2) is 0 Å². The standard InChI is InChI=1S/C23H26F2N6O/c24-23(25)7-11-31(12-8-23)21-18-13-19(30-20(18)27-14-28-21)15-1-3-17(4-2-15)29-22(32)16-5-9-26-10-6-16/h1-4,13-14,16,26H,5-12H2,(H,29,32)(H,27,28,30). The molecule has 0 atom stereocenters. The van der Waals surface area contributed by atoms with Crippen LogP contribution >= 0.6 is 0 Å². The number of nitrogens with one attached hydrogen (secondary N) is 3. The topological polar surface area (TPSA) is 85.9 Å². The molecule has 2 aromatic heterocycles. The highest BCUT2D eigenvalue weighted by Crippen LogP contribution is 2.34. The van der Waals surface area contributed by atoms with Gasteiger partial charge in [-0.15, -0.1) is 0 Å². The lowest BCUT2D eigenvalue weighted by Crippen LogP contribution is -2.39. The fraction of sp³-hybridized carbons (Fsp3) is 0.435. The third-order valence-electron chi connectivity index (χ3n) is 6.37. The summed E-state index contributed by atoms with van der Waals surface area (Å²) in [4.78, 5) is 26.3. The number of carbonyl (C=O) groups excluding carboxylic acids is 1. The molecule has 2 saturated heterocycles. The molecule has 0 saturated carbocycles. The maximum atomic E-state index is 13.6. The predicted molar refractivity (Wildman–Crippen MR) is 120 cm³/mol. The molecule has 3 aromatic rings. The van der Waals surface area contributed by atoms with Gasteiger partial charge >= 0.3 is 0 Å². The number of H-pyrrole nitrogens is 1. The average molecular weight is 440 g/mol. The summed E-state index contributed by atoms with van der Waals surface area (Å²) in [6, 6.07) is 9.62. The number of nitrogens with zero attached hydrogens (tertiary/aromatic N) is 3. The van der Waals surface area contributed by atoms with E-state index in [1.165, 1.54) is 6.33 Å². The summed E-state index contributed by atoms with van der Waals surface area (Å²) in [5.74, 6) is -1.80. The lowest BCUT2D eigenvalue weighted by Gasteiger charge is -2.32. The summed E-state index contributed by atoms with van der Waals surface area (Å²) in [6.45, 7) is 2.29. The quantitative estimate of drug-likeness (QED) is 0.575. The van der Waals surface area contributed by atoms with Crippen LogP contribution in [0.3, 0.4) is 0 Å². The van der Waals surface area contributed by atoms with Crippen LogP contribution in [-0.2, 0) is 4.79 Å². The average Bonchev–Trinajstić information content (AvgIpc) is 3.25. The van der Waals surface area contributed by atoms with Crippen molar-refractivity contribution in [2.75, 3.05) is 36.4 Å². The van der Waals surface area contributed by atoms with Gasteiger partial charge in [-0.3, -0.25) is 4.79 Å². The summed E-state index contributed by atoms with van der Waals surface area (Å²) >= 11 is 0. The van der Waals surface area contributed by atoms with Crippen LogP contribution < -0.4 is 15.5 Å². The Bertz CT molecular complexity index is 1100. The van der Waals surface area contributed by atoms with Crippen molar-refractivity contribution >= 4 is 28.4 Å². The van der Waals surface area contributed by atoms with E-state index in [0.717, 1.165) is 48.3 Å². The van der Waals surface area contributed by atoms with Crippen LogP contribution in [0.1, 0.15) is 25.7 Å². The maximum absolute atomic E-state index is 13.6. The minimum Gasteiger partial charge on any atom is -0.356 e. The second-order valence-corrected chi connectivity index (χ2v) is 8.58. The molecule has 0 radical (unpaired) electrons. The monoisotopic (exact) mass is 440 g/mol. The van der Waals surface area contributed by atoms with Gasteiger partial charge in [-0.25, -0.2) is 18.7 Å². The van der Waals surface area contributed by atoms with E-state index >= 15 is 0 Å². The van der Waals surface area contributed by atoms with E-state index in [-0.39, 0.29) is 37.8 Å². The van der Waals surface area contributed by atoms with E-state index in [1.807, 2.05) is 35.2 Å². The van der Waals surface area contributed by atoms with Crippen molar-refractivity contribution in [3.05, 3.63) is 36.7 Å². The summed E-state index contributed by atoms with van der Waals surface area (Å²) in [5.41, 5.74) is 3.24. The van der Waals surface area contributed by atoms with Crippen molar-refractivity contribution < 1.29 is 13.6 Å². The van der Waals surface area contributed by atoms with Crippen molar-refractivity contribution in [2.45, 2.75) is 31.6 Å². The molecule has 3 N–H and O–H groups in total. The normalized spacial score (nSPS) is 19.2. The van der Waals surface area contributed by atoms with Crippen LogP contribution in [0.4, 0.5) is 20.3 Å². The van der Waals surface area contributed by atoms with Gasteiger partial charge in [-0.05, 0) is 49.7 Å². The molecule has 5 rings (SSSR count). The Morgan fingerprint density at radius 1 is 1.09 bits per heavy atom. The number of aromatic nitrogens is 3. The van der Waals surface area contributed by atoms with Gasteiger partial charge in [0.2, 0.25) is 5.91 Å². The highest BCUT2D eigenvalue weighted by Gasteiger charge is 2.35. The molecule has 1 amide bonds. The second-order valence-electron chi connectivity index (χ2n) is 8.58. The van der Waals surface area contributed by atoms with E-state index < -0.39 is 5.92 Å². The fourth-order valence-corrected chi connectivity index (χ4v) is 4.44. The molecule has 4 heterocycles. The zero-order valence-electron chi connectivity index (χ0n) is 17.7. The van der Waals surface area contributed by atoms with Gasteiger partial charge in [0.1, 0.15) is 17.8 Å². The molecule has 2 aliphatic rings. The lowest BCUT2D eigenvalue weighted by molar-refractivity contribution is -0.120. The molecule has 7 nitrogen and oxygen atoms in total. The molecule has 0 bridgehead atoms. The smallest absolute Gasteiger partial charge is 0.251 e. The predicted octanol–water partition coefficient (Wildman–Crippen LogP) is 3.80. The molecule has 1 aromatic carbocycles. The molecule has 0 unspecified atom stereocenters. The molecule has 168 valence electrons. The van der Waals surface area contributed by atoms with E-state index in [4.69, 9.17) is 0 Å². The van der Waals surface area contributed by atoms with Crippen molar-refractivity contribution in [1.82, 2.24) is 20.3 Å². The Morgan fingerprint density at radius 3 is 2.53 bits per heavy atom. The zero-order chi connectivity index (χ0) is 22.1. The number of fused-ring (bicyclic) bond motifs is 1.